The Kier molecular flexibility index (Phi) is 10.7. The second kappa shape index (κ2) is 13.7. The zero-order valence-corrected chi connectivity index (χ0v) is 20.3. The summed E-state index contributed by atoms with van der Waals surface area (Å²) in [6, 6.07) is 11.5. The van der Waals surface area contributed by atoms with Crippen LogP contribution in [0.2, 0.25) is 15.7 Å². The van der Waals surface area contributed by atoms with E-state index in [4.69, 9.17) is 40.5 Å². The monoisotopic (exact) mass is 572 g/mol. The van der Waals surface area contributed by atoms with E-state index in [0.717, 1.165) is 12.4 Å². The van der Waals surface area contributed by atoms with Crippen molar-refractivity contribution in [2.75, 3.05) is 11.1 Å². The molecule has 2 aromatic heterocycles. The van der Waals surface area contributed by atoms with Crippen molar-refractivity contribution in [3.63, 3.8) is 0 Å². The van der Waals surface area contributed by atoms with E-state index in [0.29, 0.717) is 11.4 Å². The zero-order valence-electron chi connectivity index (χ0n) is 18.1. The Balaban J connectivity index is 0.000000214. The second-order valence-corrected chi connectivity index (χ2v) is 7.43. The van der Waals surface area contributed by atoms with Gasteiger partial charge in [0.05, 0.1) is 22.2 Å². The maximum atomic E-state index is 13.3. The molecular weight excluding hydrogens is 561 g/mol. The van der Waals surface area contributed by atoms with Crippen LogP contribution in [-0.2, 0) is 0 Å². The lowest BCUT2D eigenvalue weighted by Crippen LogP contribution is -1.99. The molecule has 0 aliphatic rings. The molecule has 0 amide bonds. The van der Waals surface area contributed by atoms with Gasteiger partial charge in [-0.2, -0.15) is 4.98 Å². The number of rotatable bonds is 4. The Morgan fingerprint density at radius 1 is 0.811 bits per heavy atom. The van der Waals surface area contributed by atoms with Gasteiger partial charge in [-0.3, -0.25) is 20.2 Å². The molecule has 3 N–H and O–H groups in total. The molecule has 4 rings (SSSR count). The topological polar surface area (TPSA) is 176 Å². The lowest BCUT2D eigenvalue weighted by molar-refractivity contribution is -0.385. The van der Waals surface area contributed by atoms with Gasteiger partial charge in [-0.05, 0) is 35.3 Å². The van der Waals surface area contributed by atoms with Gasteiger partial charge < -0.3 is 11.1 Å². The quantitative estimate of drug-likeness (QED) is 0.0964. The van der Waals surface area contributed by atoms with E-state index in [9.17, 15) is 29.0 Å². The van der Waals surface area contributed by atoms with E-state index in [2.05, 4.69) is 25.3 Å². The van der Waals surface area contributed by atoms with E-state index in [1.165, 1.54) is 30.3 Å². The fourth-order valence-electron chi connectivity index (χ4n) is 2.23. The van der Waals surface area contributed by atoms with Crippen LogP contribution < -0.4 is 11.1 Å². The maximum Gasteiger partial charge on any atom is 0.271 e. The lowest BCUT2D eigenvalue weighted by atomic mass is 10.3. The number of hydrogen-bond acceptors (Lipinski definition) is 10. The predicted molar refractivity (Wildman–Crippen MR) is 133 cm³/mol. The summed E-state index contributed by atoms with van der Waals surface area (Å²) >= 11 is 16.0. The van der Waals surface area contributed by atoms with Gasteiger partial charge in [0.2, 0.25) is 10.6 Å². The molecule has 12 nitrogen and oxygen atoms in total. The van der Waals surface area contributed by atoms with Crippen LogP contribution in [0.15, 0.2) is 60.9 Å². The minimum Gasteiger partial charge on any atom is -0.399 e. The summed E-state index contributed by atoms with van der Waals surface area (Å²) in [7, 11) is 0. The zero-order chi connectivity index (χ0) is 27.5. The molecule has 0 radical (unpaired) electrons. The molecule has 0 saturated carbocycles. The molecule has 192 valence electrons. The van der Waals surface area contributed by atoms with Crippen molar-refractivity contribution in [1.29, 1.82) is 0 Å². The van der Waals surface area contributed by atoms with Gasteiger partial charge >= 0.3 is 0 Å². The number of anilines is 3. The van der Waals surface area contributed by atoms with Crippen molar-refractivity contribution in [2.24, 2.45) is 0 Å². The highest BCUT2D eigenvalue weighted by molar-refractivity contribution is 6.31. The molecule has 2 heterocycles. The van der Waals surface area contributed by atoms with Gasteiger partial charge in [0.1, 0.15) is 0 Å². The number of hydrogen-bond donors (Lipinski definition) is 2. The minimum atomic E-state index is -0.703. The van der Waals surface area contributed by atoms with Crippen LogP contribution in [0.25, 0.3) is 0 Å². The first kappa shape index (κ1) is 29.0. The summed E-state index contributed by atoms with van der Waals surface area (Å²) in [4.78, 5) is 33.4. The molecule has 0 aliphatic heterocycles. The van der Waals surface area contributed by atoms with Crippen LogP contribution in [0.3, 0.4) is 0 Å². The molecule has 0 unspecified atom stereocenters. The van der Waals surface area contributed by atoms with E-state index >= 15 is 0 Å². The summed E-state index contributed by atoms with van der Waals surface area (Å²) in [5.41, 5.74) is 5.95. The van der Waals surface area contributed by atoms with Gasteiger partial charge in [0.25, 0.3) is 11.4 Å². The first-order chi connectivity index (χ1) is 17.5. The number of nitro groups is 2. The smallest absolute Gasteiger partial charge is 0.271 e. The van der Waals surface area contributed by atoms with Gasteiger partial charge in [-0.25, -0.2) is 23.7 Å². The fraction of sp³-hybridized carbons (Fsp3) is 0. The van der Waals surface area contributed by atoms with Crippen LogP contribution in [0.4, 0.5) is 37.3 Å². The molecule has 0 atom stereocenters. The van der Waals surface area contributed by atoms with E-state index in [-0.39, 0.29) is 32.9 Å². The Morgan fingerprint density at radius 3 is 1.86 bits per heavy atom. The second-order valence-electron chi connectivity index (χ2n) is 6.40. The first-order valence-electron chi connectivity index (χ1n) is 9.49. The summed E-state index contributed by atoms with van der Waals surface area (Å²) < 4.78 is 25.5. The Hall–Kier alpha value is -4.27. The van der Waals surface area contributed by atoms with Crippen LogP contribution in [0.1, 0.15) is 0 Å². The highest BCUT2D eigenvalue weighted by Gasteiger charge is 2.09. The standard InChI is InChI=1S/C10H6ClFN4O2.C6H6N2O2.C4HCl2FN2/c11-10-13-5-8(12)9(15-10)14-6-2-1-3-7(4-6)16(17)18;7-5-2-1-3-6(4-5)8(9)10;5-3-2(7)1-8-4(6)9-3/h1-5H,(H,13,14,15);1-4H,7H2;1H. The molecule has 17 heteroatoms. The molecule has 0 spiro atoms. The van der Waals surface area contributed by atoms with E-state index in [1.54, 1.807) is 18.2 Å². The SMILES string of the molecule is Fc1cnc(Cl)nc1Cl.Nc1cccc([N+](=O)[O-])c1.O=[N+]([O-])c1cccc(Nc2nc(Cl)ncc2F)c1. The summed E-state index contributed by atoms with van der Waals surface area (Å²) in [5.74, 6) is -1.51. The molecule has 0 fully saturated rings. The molecule has 37 heavy (non-hydrogen) atoms. The van der Waals surface area contributed by atoms with Crippen LogP contribution in [-0.4, -0.2) is 29.8 Å². The number of nitrogens with zero attached hydrogens (tertiary/aromatic N) is 6. The molecule has 2 aromatic carbocycles. The van der Waals surface area contributed by atoms with Gasteiger partial charge in [0.15, 0.2) is 22.6 Å². The van der Waals surface area contributed by atoms with E-state index < -0.39 is 21.5 Å². The van der Waals surface area contributed by atoms with Crippen molar-refractivity contribution in [3.05, 3.63) is 109 Å². The third-order valence-electron chi connectivity index (χ3n) is 3.79. The highest BCUT2D eigenvalue weighted by Crippen LogP contribution is 2.22. The van der Waals surface area contributed by atoms with Crippen LogP contribution in [0.5, 0.6) is 0 Å². The number of halogens is 5. The Labute approximate surface area is 221 Å². The third-order valence-corrected chi connectivity index (χ3v) is 4.42. The number of non-ortho nitro benzene ring substituents is 2. The number of aromatic nitrogens is 4. The fourth-order valence-corrected chi connectivity index (χ4v) is 2.67. The number of nitrogens with two attached hydrogens (primary N) is 1. The van der Waals surface area contributed by atoms with Crippen molar-refractivity contribution < 1.29 is 18.6 Å². The molecule has 4 aromatic rings. The van der Waals surface area contributed by atoms with Crippen LogP contribution in [0, 0.1) is 31.9 Å². The minimum absolute atomic E-state index is 0.0278. The summed E-state index contributed by atoms with van der Waals surface area (Å²) in [6.07, 6.45) is 1.83. The van der Waals surface area contributed by atoms with Crippen molar-refractivity contribution in [1.82, 2.24) is 19.9 Å². The first-order valence-corrected chi connectivity index (χ1v) is 10.6. The third kappa shape index (κ3) is 9.71. The average Bonchev–Trinajstić information content (AvgIpc) is 2.85. The molecule has 0 bridgehead atoms. The highest BCUT2D eigenvalue weighted by atomic mass is 35.5. The number of nitro benzene ring substituents is 2. The number of nitrogens with one attached hydrogen (secondary N) is 1. The lowest BCUT2D eigenvalue weighted by Gasteiger charge is -2.06. The van der Waals surface area contributed by atoms with Gasteiger partial charge in [-0.1, -0.05) is 23.7 Å². The normalized spacial score (nSPS) is 9.76. The number of benzene rings is 2. The maximum absolute atomic E-state index is 13.3. The largest absolute Gasteiger partial charge is 0.399 e. The molecular formula is C20H13Cl3F2N8O4. The molecule has 0 aliphatic carbocycles. The van der Waals surface area contributed by atoms with Crippen molar-refractivity contribution >= 4 is 63.4 Å². The van der Waals surface area contributed by atoms with Gasteiger partial charge in [0, 0.05) is 35.6 Å². The van der Waals surface area contributed by atoms with E-state index in [1.807, 2.05) is 0 Å². The summed E-state index contributed by atoms with van der Waals surface area (Å²) in [5, 5.41) is 22.9. The Morgan fingerprint density at radius 2 is 1.35 bits per heavy atom. The van der Waals surface area contributed by atoms with Crippen molar-refractivity contribution in [2.45, 2.75) is 0 Å². The summed E-state index contributed by atoms with van der Waals surface area (Å²) in [6.45, 7) is 0. The van der Waals surface area contributed by atoms with Crippen molar-refractivity contribution in [3.8, 4) is 0 Å². The molecule has 0 saturated heterocycles. The average molecular weight is 574 g/mol. The predicted octanol–water partition coefficient (Wildman–Crippen LogP) is 6.02. The van der Waals surface area contributed by atoms with Crippen LogP contribution >= 0.6 is 34.8 Å². The van der Waals surface area contributed by atoms with Gasteiger partial charge in [-0.15, -0.1) is 0 Å². The number of nitrogen functional groups attached to an aromatic ring is 1. The Bertz CT molecular complexity index is 1420.